The average molecular weight is 313 g/mol. The molecule has 6 nitrogen and oxygen atoms in total. The molecule has 0 aromatic heterocycles. The van der Waals surface area contributed by atoms with E-state index in [0.717, 1.165) is 0 Å². The first-order valence-electron chi connectivity index (χ1n) is 6.47. The zero-order chi connectivity index (χ0) is 15.8. The number of aliphatic carboxylic acids is 1. The fraction of sp³-hybridized carbons (Fsp3) is 0.357. The van der Waals surface area contributed by atoms with Crippen LogP contribution < -0.4 is 5.32 Å². The second kappa shape index (κ2) is 8.26. The topological polar surface area (TPSA) is 86.7 Å². The molecule has 0 aliphatic carbocycles. The summed E-state index contributed by atoms with van der Waals surface area (Å²) in [6.07, 6.45) is -0.123. The number of halogens is 1. The second-order valence-corrected chi connectivity index (χ2v) is 4.75. The third-order valence-electron chi connectivity index (χ3n) is 2.82. The Kier molecular flexibility index (Phi) is 6.68. The third kappa shape index (κ3) is 5.83. The van der Waals surface area contributed by atoms with Crippen LogP contribution in [0.15, 0.2) is 24.3 Å². The van der Waals surface area contributed by atoms with Crippen LogP contribution in [0, 0.1) is 0 Å². The van der Waals surface area contributed by atoms with E-state index < -0.39 is 11.9 Å². The lowest BCUT2D eigenvalue weighted by Gasteiger charge is -2.20. The van der Waals surface area contributed by atoms with Crippen molar-refractivity contribution in [2.24, 2.45) is 0 Å². The minimum absolute atomic E-state index is 0.123. The number of carbonyl (C=O) groups is 3. The van der Waals surface area contributed by atoms with Gasteiger partial charge in [0.2, 0.25) is 5.91 Å². The van der Waals surface area contributed by atoms with Gasteiger partial charge >= 0.3 is 5.97 Å². The summed E-state index contributed by atoms with van der Waals surface area (Å²) in [4.78, 5) is 35.6. The fourth-order valence-electron chi connectivity index (χ4n) is 1.69. The normalized spacial score (nSPS) is 10.0. The first kappa shape index (κ1) is 17.0. The van der Waals surface area contributed by atoms with Gasteiger partial charge in [-0.15, -0.1) is 0 Å². The summed E-state index contributed by atoms with van der Waals surface area (Å²) in [5, 5.41) is 11.5. The van der Waals surface area contributed by atoms with Crippen molar-refractivity contribution in [3.8, 4) is 0 Å². The van der Waals surface area contributed by atoms with Crippen LogP contribution in [-0.4, -0.2) is 47.4 Å². The lowest BCUT2D eigenvalue weighted by Crippen LogP contribution is -2.41. The lowest BCUT2D eigenvalue weighted by atomic mass is 10.2. The molecule has 0 aliphatic rings. The standard InChI is InChI=1S/C14H17ClN2O4/c1-2-17(7-6-13(19)20)12(18)9-16-14(21)10-4-3-5-11(15)8-10/h3-5,8H,2,6-7,9H2,1H3,(H,16,21)(H,19,20). The molecule has 0 heterocycles. The molecule has 0 unspecified atom stereocenters. The third-order valence-corrected chi connectivity index (χ3v) is 3.05. The van der Waals surface area contributed by atoms with Gasteiger partial charge in [0.1, 0.15) is 0 Å². The van der Waals surface area contributed by atoms with Crippen LogP contribution in [0.4, 0.5) is 0 Å². The highest BCUT2D eigenvalue weighted by atomic mass is 35.5. The minimum atomic E-state index is -0.968. The number of hydrogen-bond acceptors (Lipinski definition) is 3. The summed E-state index contributed by atoms with van der Waals surface area (Å²) in [6, 6.07) is 6.38. The number of hydrogen-bond donors (Lipinski definition) is 2. The summed E-state index contributed by atoms with van der Waals surface area (Å²) in [7, 11) is 0. The Morgan fingerprint density at radius 2 is 2.05 bits per heavy atom. The maximum absolute atomic E-state index is 11.9. The number of carboxylic acid groups (broad SMARTS) is 1. The van der Waals surface area contributed by atoms with E-state index >= 15 is 0 Å². The molecule has 0 atom stereocenters. The number of carbonyl (C=O) groups excluding carboxylic acids is 2. The molecule has 114 valence electrons. The van der Waals surface area contributed by atoms with E-state index in [1.807, 2.05) is 0 Å². The van der Waals surface area contributed by atoms with Gasteiger partial charge in [0.15, 0.2) is 0 Å². The highest BCUT2D eigenvalue weighted by molar-refractivity contribution is 6.30. The molecule has 0 saturated carbocycles. The van der Waals surface area contributed by atoms with Crippen LogP contribution in [0.2, 0.25) is 5.02 Å². The van der Waals surface area contributed by atoms with E-state index in [1.165, 1.54) is 11.0 Å². The van der Waals surface area contributed by atoms with Gasteiger partial charge in [0.05, 0.1) is 13.0 Å². The van der Waals surface area contributed by atoms with Crippen LogP contribution in [0.5, 0.6) is 0 Å². The molecular formula is C14H17ClN2O4. The molecule has 1 rings (SSSR count). The first-order chi connectivity index (χ1) is 9.93. The quantitative estimate of drug-likeness (QED) is 0.796. The highest BCUT2D eigenvalue weighted by Crippen LogP contribution is 2.10. The van der Waals surface area contributed by atoms with Crippen molar-refractivity contribution in [1.29, 1.82) is 0 Å². The summed E-state index contributed by atoms with van der Waals surface area (Å²) < 4.78 is 0. The average Bonchev–Trinajstić information content (AvgIpc) is 2.45. The first-order valence-corrected chi connectivity index (χ1v) is 6.85. The minimum Gasteiger partial charge on any atom is -0.481 e. The number of rotatable bonds is 7. The fourth-order valence-corrected chi connectivity index (χ4v) is 1.88. The molecule has 1 aromatic rings. The molecule has 0 aliphatic heterocycles. The summed E-state index contributed by atoms with van der Waals surface area (Å²) in [6.45, 7) is 2.08. The Morgan fingerprint density at radius 3 is 2.62 bits per heavy atom. The predicted octanol–water partition coefficient (Wildman–Crippen LogP) is 1.39. The van der Waals surface area contributed by atoms with Crippen molar-refractivity contribution in [3.05, 3.63) is 34.9 Å². The van der Waals surface area contributed by atoms with Crippen molar-refractivity contribution in [1.82, 2.24) is 10.2 Å². The van der Waals surface area contributed by atoms with Crippen LogP contribution in [0.1, 0.15) is 23.7 Å². The van der Waals surface area contributed by atoms with E-state index in [9.17, 15) is 14.4 Å². The van der Waals surface area contributed by atoms with E-state index in [1.54, 1.807) is 25.1 Å². The van der Waals surface area contributed by atoms with E-state index in [2.05, 4.69) is 5.32 Å². The van der Waals surface area contributed by atoms with Crippen LogP contribution in [0.25, 0.3) is 0 Å². The Labute approximate surface area is 127 Å². The smallest absolute Gasteiger partial charge is 0.305 e. The summed E-state index contributed by atoms with van der Waals surface area (Å²) >= 11 is 5.78. The molecule has 2 amide bonds. The lowest BCUT2D eigenvalue weighted by molar-refractivity contribution is -0.138. The van der Waals surface area contributed by atoms with Gasteiger partial charge in [-0.3, -0.25) is 14.4 Å². The zero-order valence-corrected chi connectivity index (χ0v) is 12.4. The monoisotopic (exact) mass is 312 g/mol. The molecular weight excluding hydrogens is 296 g/mol. The van der Waals surface area contributed by atoms with Gasteiger partial charge in [-0.1, -0.05) is 17.7 Å². The van der Waals surface area contributed by atoms with Crippen molar-refractivity contribution in [3.63, 3.8) is 0 Å². The largest absolute Gasteiger partial charge is 0.481 e. The Morgan fingerprint density at radius 1 is 1.33 bits per heavy atom. The number of carboxylic acids is 1. The SMILES string of the molecule is CCN(CCC(=O)O)C(=O)CNC(=O)c1cccc(Cl)c1. The zero-order valence-electron chi connectivity index (χ0n) is 11.6. The van der Waals surface area contributed by atoms with Crippen molar-refractivity contribution >= 4 is 29.4 Å². The summed E-state index contributed by atoms with van der Waals surface area (Å²) in [5.74, 6) is -1.70. The molecule has 1 aromatic carbocycles. The number of likely N-dealkylation sites (N-methyl/N-ethyl adjacent to an activating group) is 1. The molecule has 7 heteroatoms. The number of amides is 2. The number of nitrogens with one attached hydrogen (secondary N) is 1. The molecule has 0 fully saturated rings. The van der Waals surface area contributed by atoms with E-state index in [4.69, 9.17) is 16.7 Å². The Hall–Kier alpha value is -2.08. The Balaban J connectivity index is 2.51. The molecule has 2 N–H and O–H groups in total. The second-order valence-electron chi connectivity index (χ2n) is 4.31. The van der Waals surface area contributed by atoms with Crippen LogP contribution in [0.3, 0.4) is 0 Å². The molecule has 0 saturated heterocycles. The van der Waals surface area contributed by atoms with Crippen LogP contribution in [-0.2, 0) is 9.59 Å². The maximum Gasteiger partial charge on any atom is 0.305 e. The Bertz CT molecular complexity index is 533. The maximum atomic E-state index is 11.9. The van der Waals surface area contributed by atoms with Crippen molar-refractivity contribution in [2.75, 3.05) is 19.6 Å². The van der Waals surface area contributed by atoms with Crippen LogP contribution >= 0.6 is 11.6 Å². The molecule has 0 radical (unpaired) electrons. The van der Waals surface area contributed by atoms with Gasteiger partial charge in [-0.2, -0.15) is 0 Å². The van der Waals surface area contributed by atoms with Gasteiger partial charge in [-0.05, 0) is 25.1 Å². The van der Waals surface area contributed by atoms with Crippen molar-refractivity contribution in [2.45, 2.75) is 13.3 Å². The molecule has 21 heavy (non-hydrogen) atoms. The van der Waals surface area contributed by atoms with Gasteiger partial charge < -0.3 is 15.3 Å². The van der Waals surface area contributed by atoms with E-state index in [-0.39, 0.29) is 25.4 Å². The number of benzene rings is 1. The van der Waals surface area contributed by atoms with Gasteiger partial charge in [-0.25, -0.2) is 0 Å². The predicted molar refractivity (Wildman–Crippen MR) is 78.3 cm³/mol. The van der Waals surface area contributed by atoms with Crippen molar-refractivity contribution < 1.29 is 19.5 Å². The van der Waals surface area contributed by atoms with E-state index in [0.29, 0.717) is 17.1 Å². The molecule has 0 spiro atoms. The number of nitrogens with zero attached hydrogens (tertiary/aromatic N) is 1. The highest BCUT2D eigenvalue weighted by Gasteiger charge is 2.14. The molecule has 0 bridgehead atoms. The summed E-state index contributed by atoms with van der Waals surface area (Å²) in [5.41, 5.74) is 0.365. The van der Waals surface area contributed by atoms with Gasteiger partial charge in [0.25, 0.3) is 5.91 Å². The van der Waals surface area contributed by atoms with Gasteiger partial charge in [0, 0.05) is 23.7 Å².